The van der Waals surface area contributed by atoms with Gasteiger partial charge in [-0.15, -0.1) is 0 Å². The fraction of sp³-hybridized carbons (Fsp3) is 0.385. The van der Waals surface area contributed by atoms with E-state index in [2.05, 4.69) is 48.1 Å². The molecule has 1 N–H and O–H groups in total. The molecule has 2 aromatic rings. The number of furan rings is 1. The van der Waals surface area contributed by atoms with E-state index < -0.39 is 0 Å². The molecule has 0 spiro atoms. The zero-order valence-corrected chi connectivity index (χ0v) is 10.5. The summed E-state index contributed by atoms with van der Waals surface area (Å²) in [5, 5.41) is 7.72. The van der Waals surface area contributed by atoms with E-state index in [1.165, 1.54) is 5.56 Å². The predicted octanol–water partition coefficient (Wildman–Crippen LogP) is 3.75. The topological polar surface area (TPSA) is 25.2 Å². The maximum Gasteiger partial charge on any atom is 0.120 e. The van der Waals surface area contributed by atoms with Gasteiger partial charge in [-0.25, -0.2) is 0 Å². The van der Waals surface area contributed by atoms with Crippen LogP contribution < -0.4 is 5.32 Å². The van der Waals surface area contributed by atoms with E-state index in [0.29, 0.717) is 0 Å². The Balaban J connectivity index is 1.90. The standard InChI is InChI=1S/C13H17NOS/c1-3-12-4-5-13(15-12)10(2)14-8-11-6-7-16-9-11/h4-7,9-10,14H,3,8H2,1-2H3. The van der Waals surface area contributed by atoms with Gasteiger partial charge in [-0.1, -0.05) is 6.92 Å². The van der Waals surface area contributed by atoms with Crippen LogP contribution in [0.25, 0.3) is 0 Å². The van der Waals surface area contributed by atoms with Gasteiger partial charge in [0.15, 0.2) is 0 Å². The van der Waals surface area contributed by atoms with E-state index in [9.17, 15) is 0 Å². The molecule has 0 radical (unpaired) electrons. The van der Waals surface area contributed by atoms with Crippen molar-refractivity contribution in [1.29, 1.82) is 0 Å². The van der Waals surface area contributed by atoms with Gasteiger partial charge in [0.1, 0.15) is 11.5 Å². The van der Waals surface area contributed by atoms with Gasteiger partial charge in [0, 0.05) is 13.0 Å². The van der Waals surface area contributed by atoms with Gasteiger partial charge in [-0.3, -0.25) is 0 Å². The zero-order chi connectivity index (χ0) is 11.4. The lowest BCUT2D eigenvalue weighted by Gasteiger charge is -2.10. The first-order chi connectivity index (χ1) is 7.79. The molecule has 2 heterocycles. The van der Waals surface area contributed by atoms with Crippen LogP contribution in [0, 0.1) is 0 Å². The maximum absolute atomic E-state index is 5.70. The van der Waals surface area contributed by atoms with E-state index in [0.717, 1.165) is 24.5 Å². The normalized spacial score (nSPS) is 12.9. The maximum atomic E-state index is 5.70. The molecule has 2 rings (SSSR count). The van der Waals surface area contributed by atoms with Crippen LogP contribution in [0.2, 0.25) is 0 Å². The first kappa shape index (κ1) is 11.4. The van der Waals surface area contributed by atoms with Crippen LogP contribution in [0.5, 0.6) is 0 Å². The minimum absolute atomic E-state index is 0.264. The molecule has 0 aliphatic carbocycles. The van der Waals surface area contributed by atoms with Gasteiger partial charge < -0.3 is 9.73 Å². The third-order valence-corrected chi connectivity index (χ3v) is 3.38. The lowest BCUT2D eigenvalue weighted by atomic mass is 10.2. The molecule has 1 unspecified atom stereocenters. The smallest absolute Gasteiger partial charge is 0.120 e. The van der Waals surface area contributed by atoms with Crippen molar-refractivity contribution in [3.05, 3.63) is 46.0 Å². The Labute approximate surface area is 100 Å². The zero-order valence-electron chi connectivity index (χ0n) is 9.69. The van der Waals surface area contributed by atoms with Crippen molar-refractivity contribution in [3.8, 4) is 0 Å². The molecule has 0 fully saturated rings. The number of rotatable bonds is 5. The van der Waals surface area contributed by atoms with Crippen molar-refractivity contribution >= 4 is 11.3 Å². The molecule has 0 bridgehead atoms. The van der Waals surface area contributed by atoms with Crippen LogP contribution in [0.4, 0.5) is 0 Å². The molecule has 0 amide bonds. The summed E-state index contributed by atoms with van der Waals surface area (Å²) in [5.41, 5.74) is 1.33. The molecule has 3 heteroatoms. The third-order valence-electron chi connectivity index (χ3n) is 2.65. The van der Waals surface area contributed by atoms with Gasteiger partial charge in [0.2, 0.25) is 0 Å². The monoisotopic (exact) mass is 235 g/mol. The SMILES string of the molecule is CCc1ccc(C(C)NCc2ccsc2)o1. The molecule has 2 aromatic heterocycles. The van der Waals surface area contributed by atoms with E-state index in [1.807, 2.05) is 0 Å². The number of nitrogens with one attached hydrogen (secondary N) is 1. The Morgan fingerprint density at radius 2 is 2.25 bits per heavy atom. The van der Waals surface area contributed by atoms with Crippen molar-refractivity contribution in [2.24, 2.45) is 0 Å². The van der Waals surface area contributed by atoms with Crippen molar-refractivity contribution in [2.45, 2.75) is 32.9 Å². The van der Waals surface area contributed by atoms with Gasteiger partial charge in [-0.2, -0.15) is 11.3 Å². The Morgan fingerprint density at radius 3 is 2.88 bits per heavy atom. The molecule has 0 aromatic carbocycles. The first-order valence-corrected chi connectivity index (χ1v) is 6.57. The summed E-state index contributed by atoms with van der Waals surface area (Å²) in [6, 6.07) is 6.52. The van der Waals surface area contributed by atoms with Crippen molar-refractivity contribution < 1.29 is 4.42 Å². The summed E-state index contributed by atoms with van der Waals surface area (Å²) < 4.78 is 5.70. The largest absolute Gasteiger partial charge is 0.464 e. The summed E-state index contributed by atoms with van der Waals surface area (Å²) in [6.45, 7) is 5.13. The Bertz CT molecular complexity index is 419. The molecule has 0 saturated carbocycles. The highest BCUT2D eigenvalue weighted by molar-refractivity contribution is 7.07. The molecule has 0 aliphatic rings. The van der Waals surface area contributed by atoms with E-state index in [4.69, 9.17) is 4.42 Å². The second-order valence-corrected chi connectivity index (χ2v) is 4.67. The average Bonchev–Trinajstić information content (AvgIpc) is 2.96. The second-order valence-electron chi connectivity index (χ2n) is 3.89. The van der Waals surface area contributed by atoms with Crippen LogP contribution in [0.15, 0.2) is 33.4 Å². The molecule has 0 saturated heterocycles. The molecule has 1 atom stereocenters. The van der Waals surface area contributed by atoms with E-state index >= 15 is 0 Å². The highest BCUT2D eigenvalue weighted by Gasteiger charge is 2.09. The molecule has 86 valence electrons. The molecule has 2 nitrogen and oxygen atoms in total. The number of hydrogen-bond donors (Lipinski definition) is 1. The molecule has 16 heavy (non-hydrogen) atoms. The number of hydrogen-bond acceptors (Lipinski definition) is 3. The fourth-order valence-corrected chi connectivity index (χ4v) is 2.25. The first-order valence-electron chi connectivity index (χ1n) is 5.62. The van der Waals surface area contributed by atoms with Gasteiger partial charge >= 0.3 is 0 Å². The summed E-state index contributed by atoms with van der Waals surface area (Å²) in [5.74, 6) is 2.08. The molecular weight excluding hydrogens is 218 g/mol. The van der Waals surface area contributed by atoms with Crippen LogP contribution >= 0.6 is 11.3 Å². The van der Waals surface area contributed by atoms with E-state index in [1.54, 1.807) is 11.3 Å². The molecular formula is C13H17NOS. The average molecular weight is 235 g/mol. The predicted molar refractivity (Wildman–Crippen MR) is 67.7 cm³/mol. The van der Waals surface area contributed by atoms with Crippen LogP contribution in [0.1, 0.15) is 37.0 Å². The van der Waals surface area contributed by atoms with E-state index in [-0.39, 0.29) is 6.04 Å². The van der Waals surface area contributed by atoms with Gasteiger partial charge in [0.25, 0.3) is 0 Å². The highest BCUT2D eigenvalue weighted by Crippen LogP contribution is 2.17. The Morgan fingerprint density at radius 1 is 1.38 bits per heavy atom. The number of thiophene rings is 1. The highest BCUT2D eigenvalue weighted by atomic mass is 32.1. The van der Waals surface area contributed by atoms with Crippen molar-refractivity contribution in [3.63, 3.8) is 0 Å². The lowest BCUT2D eigenvalue weighted by Crippen LogP contribution is -2.17. The van der Waals surface area contributed by atoms with Gasteiger partial charge in [-0.05, 0) is 41.4 Å². The summed E-state index contributed by atoms with van der Waals surface area (Å²) in [7, 11) is 0. The summed E-state index contributed by atoms with van der Waals surface area (Å²) in [6.07, 6.45) is 0.956. The fourth-order valence-electron chi connectivity index (χ4n) is 1.58. The van der Waals surface area contributed by atoms with Crippen LogP contribution in [-0.2, 0) is 13.0 Å². The van der Waals surface area contributed by atoms with Crippen molar-refractivity contribution in [2.75, 3.05) is 0 Å². The van der Waals surface area contributed by atoms with Crippen LogP contribution in [-0.4, -0.2) is 0 Å². The summed E-state index contributed by atoms with van der Waals surface area (Å²) in [4.78, 5) is 0. The van der Waals surface area contributed by atoms with Crippen LogP contribution in [0.3, 0.4) is 0 Å². The molecule has 0 aliphatic heterocycles. The lowest BCUT2D eigenvalue weighted by molar-refractivity contribution is 0.408. The Kier molecular flexibility index (Phi) is 3.80. The minimum atomic E-state index is 0.264. The van der Waals surface area contributed by atoms with Crippen molar-refractivity contribution in [1.82, 2.24) is 5.32 Å². The second kappa shape index (κ2) is 5.32. The summed E-state index contributed by atoms with van der Waals surface area (Å²) >= 11 is 1.73. The number of aryl methyl sites for hydroxylation is 1. The third kappa shape index (κ3) is 2.74. The minimum Gasteiger partial charge on any atom is -0.464 e. The quantitative estimate of drug-likeness (QED) is 0.853. The Hall–Kier alpha value is -1.06. The van der Waals surface area contributed by atoms with Gasteiger partial charge in [0.05, 0.1) is 6.04 Å².